The number of pyridine rings is 1. The molecule has 0 saturated heterocycles. The van der Waals surface area contributed by atoms with E-state index in [-0.39, 0.29) is 10.8 Å². The molecule has 0 atom stereocenters. The van der Waals surface area contributed by atoms with E-state index in [0.29, 0.717) is 23.0 Å². The fourth-order valence-corrected chi connectivity index (χ4v) is 2.26. The van der Waals surface area contributed by atoms with Gasteiger partial charge in [-0.25, -0.2) is 0 Å². The summed E-state index contributed by atoms with van der Waals surface area (Å²) in [5.41, 5.74) is 1.03. The highest BCUT2D eigenvalue weighted by atomic mass is 35.5. The van der Waals surface area contributed by atoms with Gasteiger partial charge in [-0.15, -0.1) is 0 Å². The summed E-state index contributed by atoms with van der Waals surface area (Å²) in [4.78, 5) is 12.0. The molecular formula is C14H13Cl2NO3. The highest BCUT2D eigenvalue weighted by molar-refractivity contribution is 6.32. The maximum Gasteiger partial charge on any atom is 0.273 e. The number of rotatable bonds is 3. The van der Waals surface area contributed by atoms with Gasteiger partial charge >= 0.3 is 0 Å². The van der Waals surface area contributed by atoms with Crippen LogP contribution in [0, 0.1) is 6.92 Å². The van der Waals surface area contributed by atoms with E-state index < -0.39 is 5.56 Å². The largest absolute Gasteiger partial charge is 0.506 e. The van der Waals surface area contributed by atoms with Crippen molar-refractivity contribution >= 4 is 23.2 Å². The molecule has 2 aromatic rings. The quantitative estimate of drug-likeness (QED) is 0.946. The van der Waals surface area contributed by atoms with Crippen molar-refractivity contribution in [2.24, 2.45) is 0 Å². The molecule has 2 rings (SSSR count). The average Bonchev–Trinajstić information content (AvgIpc) is 2.43. The fourth-order valence-electron chi connectivity index (χ4n) is 1.91. The number of aromatic hydroxyl groups is 1. The highest BCUT2D eigenvalue weighted by Crippen LogP contribution is 2.26. The topological polar surface area (TPSA) is 51.5 Å². The van der Waals surface area contributed by atoms with Gasteiger partial charge in [0.2, 0.25) is 0 Å². The third kappa shape index (κ3) is 2.76. The molecule has 0 bridgehead atoms. The van der Waals surface area contributed by atoms with E-state index in [1.54, 1.807) is 25.1 Å². The molecule has 0 aliphatic heterocycles. The maximum absolute atomic E-state index is 12.0. The number of benzene rings is 1. The summed E-state index contributed by atoms with van der Waals surface area (Å²) in [5, 5.41) is 9.83. The van der Waals surface area contributed by atoms with Crippen molar-refractivity contribution in [3.63, 3.8) is 0 Å². The third-order valence-corrected chi connectivity index (χ3v) is 3.65. The van der Waals surface area contributed by atoms with Crippen LogP contribution in [0.5, 0.6) is 11.5 Å². The van der Waals surface area contributed by atoms with Crippen molar-refractivity contribution in [3.05, 3.63) is 55.9 Å². The molecular weight excluding hydrogens is 301 g/mol. The van der Waals surface area contributed by atoms with Crippen molar-refractivity contribution in [2.45, 2.75) is 13.5 Å². The molecule has 0 radical (unpaired) electrons. The first-order valence-electron chi connectivity index (χ1n) is 5.85. The van der Waals surface area contributed by atoms with Crippen molar-refractivity contribution in [2.75, 3.05) is 7.11 Å². The molecule has 0 spiro atoms. The number of halogens is 2. The van der Waals surface area contributed by atoms with E-state index in [4.69, 9.17) is 27.9 Å². The lowest BCUT2D eigenvalue weighted by Crippen LogP contribution is -2.23. The summed E-state index contributed by atoms with van der Waals surface area (Å²) in [5.74, 6) is 0.332. The Balaban J connectivity index is 2.45. The number of ether oxygens (including phenoxy) is 1. The van der Waals surface area contributed by atoms with Gasteiger partial charge in [0.15, 0.2) is 0 Å². The molecule has 6 heteroatoms. The second-order valence-corrected chi connectivity index (χ2v) is 5.13. The molecule has 0 fully saturated rings. The van der Waals surface area contributed by atoms with Crippen LogP contribution in [0.1, 0.15) is 11.3 Å². The number of hydrogen-bond donors (Lipinski definition) is 1. The lowest BCUT2D eigenvalue weighted by Gasteiger charge is -2.12. The zero-order chi connectivity index (χ0) is 14.9. The normalized spacial score (nSPS) is 10.6. The molecule has 0 unspecified atom stereocenters. The zero-order valence-electron chi connectivity index (χ0n) is 11.0. The second-order valence-electron chi connectivity index (χ2n) is 4.35. The fraction of sp³-hybridized carbons (Fsp3) is 0.214. The van der Waals surface area contributed by atoms with Gasteiger partial charge in [0.1, 0.15) is 16.5 Å². The maximum atomic E-state index is 12.0. The Bertz CT molecular complexity index is 710. The Labute approximate surface area is 126 Å². The number of nitrogens with zero attached hydrogens (tertiary/aromatic N) is 1. The summed E-state index contributed by atoms with van der Waals surface area (Å²) < 4.78 is 6.62. The molecule has 0 aliphatic rings. The molecule has 0 saturated carbocycles. The SMILES string of the molecule is COc1cc(Cn2c(C)cc(O)c(Cl)c2=O)ccc1Cl. The minimum atomic E-state index is -0.432. The van der Waals surface area contributed by atoms with Gasteiger partial charge in [0.05, 0.1) is 18.7 Å². The number of hydrogen-bond acceptors (Lipinski definition) is 3. The van der Waals surface area contributed by atoms with E-state index in [0.717, 1.165) is 5.56 Å². The highest BCUT2D eigenvalue weighted by Gasteiger charge is 2.11. The van der Waals surface area contributed by atoms with Crippen molar-refractivity contribution < 1.29 is 9.84 Å². The van der Waals surface area contributed by atoms with Crippen LogP contribution in [0.25, 0.3) is 0 Å². The minimum Gasteiger partial charge on any atom is -0.506 e. The van der Waals surface area contributed by atoms with E-state index in [1.807, 2.05) is 0 Å². The first-order valence-corrected chi connectivity index (χ1v) is 6.61. The molecule has 106 valence electrons. The van der Waals surface area contributed by atoms with Crippen LogP contribution in [-0.4, -0.2) is 16.8 Å². The molecule has 1 heterocycles. The van der Waals surface area contributed by atoms with Crippen molar-refractivity contribution in [1.82, 2.24) is 4.57 Å². The number of aromatic nitrogens is 1. The first-order chi connectivity index (χ1) is 9.43. The summed E-state index contributed by atoms with van der Waals surface area (Å²) in [6.07, 6.45) is 0. The van der Waals surface area contributed by atoms with Crippen LogP contribution in [-0.2, 0) is 6.54 Å². The Hall–Kier alpha value is -1.65. The van der Waals surface area contributed by atoms with Gasteiger partial charge in [0, 0.05) is 11.8 Å². The van der Waals surface area contributed by atoms with E-state index >= 15 is 0 Å². The summed E-state index contributed by atoms with van der Waals surface area (Å²) in [6, 6.07) is 6.72. The van der Waals surface area contributed by atoms with Crippen LogP contribution in [0.3, 0.4) is 0 Å². The van der Waals surface area contributed by atoms with E-state index in [2.05, 4.69) is 0 Å². The van der Waals surface area contributed by atoms with Crippen molar-refractivity contribution in [3.8, 4) is 11.5 Å². The van der Waals surface area contributed by atoms with Gasteiger partial charge in [-0.2, -0.15) is 0 Å². The van der Waals surface area contributed by atoms with Crippen LogP contribution >= 0.6 is 23.2 Å². The monoisotopic (exact) mass is 313 g/mol. The molecule has 0 amide bonds. The Morgan fingerprint density at radius 3 is 2.65 bits per heavy atom. The molecule has 20 heavy (non-hydrogen) atoms. The van der Waals surface area contributed by atoms with E-state index in [1.165, 1.54) is 17.7 Å². The molecule has 1 aromatic heterocycles. The Kier molecular flexibility index (Phi) is 4.26. The zero-order valence-corrected chi connectivity index (χ0v) is 12.5. The molecule has 4 nitrogen and oxygen atoms in total. The lowest BCUT2D eigenvalue weighted by molar-refractivity contribution is 0.414. The predicted octanol–water partition coefficient (Wildman–Crippen LogP) is 3.23. The standard InChI is InChI=1S/C14H13Cl2NO3/c1-8-5-11(18)13(16)14(19)17(8)7-9-3-4-10(15)12(6-9)20-2/h3-6,18H,7H2,1-2H3. The first kappa shape index (κ1) is 14.8. The van der Waals surface area contributed by atoms with Crippen LogP contribution in [0.4, 0.5) is 0 Å². The summed E-state index contributed by atoms with van der Waals surface area (Å²) >= 11 is 11.7. The Morgan fingerprint density at radius 1 is 1.30 bits per heavy atom. The summed E-state index contributed by atoms with van der Waals surface area (Å²) in [6.45, 7) is 2.04. The van der Waals surface area contributed by atoms with Gasteiger partial charge in [-0.3, -0.25) is 4.79 Å². The van der Waals surface area contributed by atoms with Crippen molar-refractivity contribution in [1.29, 1.82) is 0 Å². The smallest absolute Gasteiger partial charge is 0.273 e. The van der Waals surface area contributed by atoms with Gasteiger partial charge in [-0.05, 0) is 24.6 Å². The van der Waals surface area contributed by atoms with Crippen LogP contribution < -0.4 is 10.3 Å². The van der Waals surface area contributed by atoms with Gasteiger partial charge < -0.3 is 14.4 Å². The van der Waals surface area contributed by atoms with Crippen LogP contribution in [0.2, 0.25) is 10.0 Å². The molecule has 0 aliphatic carbocycles. The second kappa shape index (κ2) is 5.77. The Morgan fingerprint density at radius 2 is 2.00 bits per heavy atom. The lowest BCUT2D eigenvalue weighted by atomic mass is 10.2. The van der Waals surface area contributed by atoms with Gasteiger partial charge in [-0.1, -0.05) is 29.3 Å². The number of aryl methyl sites for hydroxylation is 1. The predicted molar refractivity (Wildman–Crippen MR) is 79.2 cm³/mol. The van der Waals surface area contributed by atoms with Crippen LogP contribution in [0.15, 0.2) is 29.1 Å². The number of methoxy groups -OCH3 is 1. The average molecular weight is 314 g/mol. The summed E-state index contributed by atoms with van der Waals surface area (Å²) in [7, 11) is 1.53. The molecule has 1 N–H and O–H groups in total. The van der Waals surface area contributed by atoms with E-state index in [9.17, 15) is 9.90 Å². The third-order valence-electron chi connectivity index (χ3n) is 2.99. The molecule has 1 aromatic carbocycles. The minimum absolute atomic E-state index is 0.184. The van der Waals surface area contributed by atoms with Gasteiger partial charge in [0.25, 0.3) is 5.56 Å².